The molecule has 0 aromatic rings. The molecule has 0 aromatic carbocycles. The van der Waals surface area contributed by atoms with E-state index in [1.54, 1.807) is 0 Å². The van der Waals surface area contributed by atoms with Gasteiger partial charge in [0.05, 0.1) is 12.7 Å². The Morgan fingerprint density at radius 1 is 1.33 bits per heavy atom. The number of hydrogen-bond donors (Lipinski definition) is 1. The largest absolute Gasteiger partial charge is 0.381 e. The van der Waals surface area contributed by atoms with Gasteiger partial charge in [0, 0.05) is 25.2 Å². The lowest BCUT2D eigenvalue weighted by Crippen LogP contribution is -2.30. The van der Waals surface area contributed by atoms with Crippen LogP contribution in [-0.2, 0) is 9.47 Å². The van der Waals surface area contributed by atoms with E-state index in [1.807, 2.05) is 0 Å². The maximum atomic E-state index is 5.61. The molecule has 3 nitrogen and oxygen atoms in total. The maximum Gasteiger partial charge on any atom is 0.0703 e. The summed E-state index contributed by atoms with van der Waals surface area (Å²) in [6, 6.07) is 0. The molecule has 0 aromatic heterocycles. The van der Waals surface area contributed by atoms with Crippen molar-refractivity contribution in [3.8, 4) is 0 Å². The Labute approximate surface area is 73.2 Å². The van der Waals surface area contributed by atoms with Crippen LogP contribution >= 0.6 is 0 Å². The van der Waals surface area contributed by atoms with Crippen molar-refractivity contribution >= 4 is 0 Å². The van der Waals surface area contributed by atoms with Crippen LogP contribution in [0.4, 0.5) is 0 Å². The molecule has 2 rings (SSSR count). The summed E-state index contributed by atoms with van der Waals surface area (Å²) in [5.74, 6) is 0. The minimum absolute atomic E-state index is 0.308. The first-order valence-electron chi connectivity index (χ1n) is 4.74. The van der Waals surface area contributed by atoms with Crippen LogP contribution in [0.2, 0.25) is 0 Å². The van der Waals surface area contributed by atoms with Crippen LogP contribution < -0.4 is 5.73 Å². The lowest BCUT2D eigenvalue weighted by molar-refractivity contribution is 0.00722. The summed E-state index contributed by atoms with van der Waals surface area (Å²) in [6.45, 7) is 3.38. The van der Waals surface area contributed by atoms with Crippen LogP contribution in [-0.4, -0.2) is 32.5 Å². The molecule has 2 saturated heterocycles. The zero-order valence-electron chi connectivity index (χ0n) is 7.42. The molecule has 1 unspecified atom stereocenters. The predicted octanol–water partition coefficient (Wildman–Crippen LogP) is 0.531. The van der Waals surface area contributed by atoms with E-state index in [2.05, 4.69) is 0 Å². The molecule has 70 valence electrons. The molecule has 1 spiro atoms. The van der Waals surface area contributed by atoms with Crippen LogP contribution in [0, 0.1) is 5.41 Å². The van der Waals surface area contributed by atoms with E-state index in [-0.39, 0.29) is 0 Å². The van der Waals surface area contributed by atoms with Crippen LogP contribution in [0.25, 0.3) is 0 Å². The van der Waals surface area contributed by atoms with Gasteiger partial charge >= 0.3 is 0 Å². The van der Waals surface area contributed by atoms with Crippen molar-refractivity contribution in [2.45, 2.75) is 25.4 Å². The van der Waals surface area contributed by atoms with Gasteiger partial charge in [-0.15, -0.1) is 0 Å². The Bertz CT molecular complexity index is 155. The molecule has 2 fully saturated rings. The molecule has 0 aliphatic carbocycles. The van der Waals surface area contributed by atoms with Crippen LogP contribution in [0.3, 0.4) is 0 Å². The van der Waals surface area contributed by atoms with Crippen molar-refractivity contribution in [3.63, 3.8) is 0 Å². The van der Waals surface area contributed by atoms with Crippen molar-refractivity contribution in [1.82, 2.24) is 0 Å². The van der Waals surface area contributed by atoms with E-state index >= 15 is 0 Å². The van der Waals surface area contributed by atoms with E-state index in [4.69, 9.17) is 15.2 Å². The minimum atomic E-state index is 0.308. The Morgan fingerprint density at radius 2 is 2.08 bits per heavy atom. The van der Waals surface area contributed by atoms with Gasteiger partial charge in [-0.1, -0.05) is 0 Å². The average Bonchev–Trinajstić information content (AvgIpc) is 2.50. The lowest BCUT2D eigenvalue weighted by atomic mass is 9.78. The molecule has 12 heavy (non-hydrogen) atoms. The van der Waals surface area contributed by atoms with Gasteiger partial charge in [-0.25, -0.2) is 0 Å². The van der Waals surface area contributed by atoms with Crippen molar-refractivity contribution in [2.75, 3.05) is 26.4 Å². The normalized spacial score (nSPS) is 34.2. The van der Waals surface area contributed by atoms with E-state index in [0.717, 1.165) is 39.1 Å². The van der Waals surface area contributed by atoms with E-state index in [1.165, 1.54) is 0 Å². The monoisotopic (exact) mass is 171 g/mol. The Kier molecular flexibility index (Phi) is 2.35. The Morgan fingerprint density at radius 3 is 2.67 bits per heavy atom. The standard InChI is InChI=1S/C9H17NO2/c10-6-8-5-9(7-12-8)1-3-11-4-2-9/h8H,1-7,10H2. The smallest absolute Gasteiger partial charge is 0.0703 e. The third-order valence-corrected chi connectivity index (χ3v) is 3.10. The first-order valence-corrected chi connectivity index (χ1v) is 4.74. The number of ether oxygens (including phenoxy) is 2. The quantitative estimate of drug-likeness (QED) is 0.626. The first-order chi connectivity index (χ1) is 5.85. The van der Waals surface area contributed by atoms with Crippen LogP contribution in [0.15, 0.2) is 0 Å². The predicted molar refractivity (Wildman–Crippen MR) is 45.9 cm³/mol. The molecule has 1 atom stereocenters. The van der Waals surface area contributed by atoms with E-state index in [0.29, 0.717) is 18.1 Å². The average molecular weight is 171 g/mol. The van der Waals surface area contributed by atoms with Crippen molar-refractivity contribution < 1.29 is 9.47 Å². The summed E-state index contributed by atoms with van der Waals surface area (Å²) in [4.78, 5) is 0. The van der Waals surface area contributed by atoms with Gasteiger partial charge in [0.15, 0.2) is 0 Å². The van der Waals surface area contributed by atoms with Crippen molar-refractivity contribution in [3.05, 3.63) is 0 Å². The van der Waals surface area contributed by atoms with Crippen molar-refractivity contribution in [2.24, 2.45) is 11.1 Å². The summed E-state index contributed by atoms with van der Waals surface area (Å²) in [6.07, 6.45) is 3.77. The van der Waals surface area contributed by atoms with Gasteiger partial charge in [-0.05, 0) is 19.3 Å². The van der Waals surface area contributed by atoms with Crippen LogP contribution in [0.1, 0.15) is 19.3 Å². The third-order valence-electron chi connectivity index (χ3n) is 3.10. The fourth-order valence-electron chi connectivity index (χ4n) is 2.20. The van der Waals surface area contributed by atoms with E-state index < -0.39 is 0 Å². The van der Waals surface area contributed by atoms with Crippen molar-refractivity contribution in [1.29, 1.82) is 0 Å². The molecule has 0 amide bonds. The molecule has 2 aliphatic heterocycles. The molecule has 2 N–H and O–H groups in total. The highest BCUT2D eigenvalue weighted by molar-refractivity contribution is 4.89. The fraction of sp³-hybridized carbons (Fsp3) is 1.00. The van der Waals surface area contributed by atoms with Gasteiger partial charge in [-0.2, -0.15) is 0 Å². The molecule has 2 heterocycles. The third kappa shape index (κ3) is 1.49. The highest BCUT2D eigenvalue weighted by Crippen LogP contribution is 2.40. The second kappa shape index (κ2) is 3.32. The summed E-state index contributed by atoms with van der Waals surface area (Å²) >= 11 is 0. The second-order valence-corrected chi connectivity index (χ2v) is 3.99. The second-order valence-electron chi connectivity index (χ2n) is 3.99. The molecule has 3 heteroatoms. The summed E-state index contributed by atoms with van der Waals surface area (Å²) in [5.41, 5.74) is 5.99. The number of nitrogens with two attached hydrogens (primary N) is 1. The minimum Gasteiger partial charge on any atom is -0.381 e. The van der Waals surface area contributed by atoms with E-state index in [9.17, 15) is 0 Å². The van der Waals surface area contributed by atoms with Gasteiger partial charge < -0.3 is 15.2 Å². The highest BCUT2D eigenvalue weighted by Gasteiger charge is 2.40. The first kappa shape index (κ1) is 8.48. The fourth-order valence-corrected chi connectivity index (χ4v) is 2.20. The molecular formula is C9H17NO2. The van der Waals surface area contributed by atoms with Gasteiger partial charge in [0.25, 0.3) is 0 Å². The summed E-state index contributed by atoms with van der Waals surface area (Å²) < 4.78 is 11.0. The molecule has 2 aliphatic rings. The Hall–Kier alpha value is -0.120. The molecular weight excluding hydrogens is 154 g/mol. The molecule has 0 bridgehead atoms. The van der Waals surface area contributed by atoms with Gasteiger partial charge in [-0.3, -0.25) is 0 Å². The van der Waals surface area contributed by atoms with Gasteiger partial charge in [0.1, 0.15) is 0 Å². The highest BCUT2D eigenvalue weighted by atomic mass is 16.5. The number of hydrogen-bond acceptors (Lipinski definition) is 3. The Balaban J connectivity index is 1.94. The van der Waals surface area contributed by atoms with Crippen LogP contribution in [0.5, 0.6) is 0 Å². The molecule has 0 radical (unpaired) electrons. The summed E-state index contributed by atoms with van der Waals surface area (Å²) in [5, 5.41) is 0. The number of rotatable bonds is 1. The zero-order chi connectivity index (χ0) is 8.44. The molecule has 0 saturated carbocycles. The topological polar surface area (TPSA) is 44.5 Å². The lowest BCUT2D eigenvalue weighted by Gasteiger charge is -2.31. The summed E-state index contributed by atoms with van der Waals surface area (Å²) in [7, 11) is 0. The van der Waals surface area contributed by atoms with Gasteiger partial charge in [0.2, 0.25) is 0 Å². The zero-order valence-corrected chi connectivity index (χ0v) is 7.42. The maximum absolute atomic E-state index is 5.61. The SMILES string of the molecule is NCC1CC2(CCOCC2)CO1.